The number of methoxy groups -OCH3 is 2. The fraction of sp³-hybridized carbons (Fsp3) is 0.208. The van der Waals surface area contributed by atoms with E-state index in [1.807, 2.05) is 12.1 Å². The second-order valence-corrected chi connectivity index (χ2v) is 8.69. The number of thiazole rings is 1. The Morgan fingerprint density at radius 2 is 2.00 bits per heavy atom. The van der Waals surface area contributed by atoms with Crippen LogP contribution >= 0.6 is 22.9 Å². The third-order valence-electron chi connectivity index (χ3n) is 4.97. The molecular formula is C24H21ClFN3O4S. The van der Waals surface area contributed by atoms with E-state index in [1.54, 1.807) is 32.2 Å². The van der Waals surface area contributed by atoms with Crippen LogP contribution < -0.4 is 14.8 Å². The van der Waals surface area contributed by atoms with E-state index in [0.717, 1.165) is 4.70 Å². The van der Waals surface area contributed by atoms with Crippen LogP contribution in [0.3, 0.4) is 0 Å². The summed E-state index contributed by atoms with van der Waals surface area (Å²) in [5, 5.41) is 3.10. The fourth-order valence-corrected chi connectivity index (χ4v) is 4.36. The average Bonchev–Trinajstić information content (AvgIpc) is 3.22. The maximum atomic E-state index is 15.0. The lowest BCUT2D eigenvalue weighted by molar-refractivity contribution is 0.102. The van der Waals surface area contributed by atoms with E-state index < -0.39 is 11.7 Å². The van der Waals surface area contributed by atoms with Gasteiger partial charge in [0.15, 0.2) is 10.9 Å². The Bertz CT molecular complexity index is 1360. The number of aromatic nitrogens is 2. The van der Waals surface area contributed by atoms with Gasteiger partial charge in [0.05, 0.1) is 40.1 Å². The molecule has 0 aliphatic rings. The largest absolute Gasteiger partial charge is 0.496 e. The van der Waals surface area contributed by atoms with Crippen LogP contribution in [0.5, 0.6) is 11.5 Å². The number of nitrogens with one attached hydrogen (secondary N) is 1. The molecule has 7 nitrogen and oxygen atoms in total. The standard InChI is InChI=1S/C24H21ClFN3O4S/c1-13-10-15(21-19(32-3)6-5-17(25)22(21)26)16(12-27-13)23(30)29-24-28-18-11-14(33-9-8-31-2)4-7-20(18)34-24/h4-7,10-12H,8-9H2,1-3H3,(H,28,29,30). The van der Waals surface area contributed by atoms with Gasteiger partial charge in [-0.05, 0) is 37.3 Å². The third kappa shape index (κ3) is 4.96. The summed E-state index contributed by atoms with van der Waals surface area (Å²) in [5.74, 6) is -0.259. The molecule has 2 aromatic heterocycles. The first-order valence-corrected chi connectivity index (χ1v) is 11.4. The number of nitrogens with zero attached hydrogens (tertiary/aromatic N) is 2. The van der Waals surface area contributed by atoms with Crippen molar-refractivity contribution in [3.63, 3.8) is 0 Å². The predicted molar refractivity (Wildman–Crippen MR) is 131 cm³/mol. The molecular weight excluding hydrogens is 481 g/mol. The van der Waals surface area contributed by atoms with E-state index in [1.165, 1.54) is 30.7 Å². The summed E-state index contributed by atoms with van der Waals surface area (Å²) in [6, 6.07) is 10.1. The lowest BCUT2D eigenvalue weighted by Crippen LogP contribution is -2.14. The van der Waals surface area contributed by atoms with E-state index in [0.29, 0.717) is 40.9 Å². The quantitative estimate of drug-likeness (QED) is 0.310. The number of hydrogen-bond acceptors (Lipinski definition) is 7. The van der Waals surface area contributed by atoms with Crippen molar-refractivity contribution in [2.24, 2.45) is 0 Å². The molecule has 4 aromatic rings. The molecule has 34 heavy (non-hydrogen) atoms. The van der Waals surface area contributed by atoms with Crippen LogP contribution in [0.1, 0.15) is 16.1 Å². The zero-order valence-electron chi connectivity index (χ0n) is 18.6. The highest BCUT2D eigenvalue weighted by Crippen LogP contribution is 2.38. The molecule has 2 heterocycles. The number of pyridine rings is 1. The Hall–Kier alpha value is -3.27. The molecule has 4 rings (SSSR count). The zero-order chi connectivity index (χ0) is 24.2. The zero-order valence-corrected chi connectivity index (χ0v) is 20.2. The van der Waals surface area contributed by atoms with Crippen molar-refractivity contribution in [1.82, 2.24) is 9.97 Å². The van der Waals surface area contributed by atoms with Crippen LogP contribution in [0, 0.1) is 12.7 Å². The third-order valence-corrected chi connectivity index (χ3v) is 6.21. The maximum absolute atomic E-state index is 15.0. The molecule has 1 amide bonds. The van der Waals surface area contributed by atoms with E-state index in [4.69, 9.17) is 25.8 Å². The molecule has 0 atom stereocenters. The van der Waals surface area contributed by atoms with Gasteiger partial charge in [0, 0.05) is 30.6 Å². The minimum atomic E-state index is -0.679. The van der Waals surface area contributed by atoms with Crippen LogP contribution in [-0.2, 0) is 4.74 Å². The molecule has 0 aliphatic heterocycles. The Balaban J connectivity index is 1.66. The van der Waals surface area contributed by atoms with Crippen LogP contribution in [0.15, 0.2) is 42.6 Å². The summed E-state index contributed by atoms with van der Waals surface area (Å²) in [5.41, 5.74) is 1.85. The number of benzene rings is 2. The SMILES string of the molecule is COCCOc1ccc2sc(NC(=O)c3cnc(C)cc3-c3c(OC)ccc(Cl)c3F)nc2c1. The molecule has 1 N–H and O–H groups in total. The number of carbonyl (C=O) groups excluding carboxylic acids is 1. The Labute approximate surface area is 204 Å². The Morgan fingerprint density at radius 1 is 1.18 bits per heavy atom. The summed E-state index contributed by atoms with van der Waals surface area (Å²) in [6.07, 6.45) is 1.40. The summed E-state index contributed by atoms with van der Waals surface area (Å²) < 4.78 is 31.8. The van der Waals surface area contributed by atoms with Crippen LogP contribution in [-0.4, -0.2) is 43.3 Å². The topological polar surface area (TPSA) is 82.6 Å². The normalized spacial score (nSPS) is 11.0. The second-order valence-electron chi connectivity index (χ2n) is 7.25. The van der Waals surface area contributed by atoms with Crippen LogP contribution in [0.4, 0.5) is 9.52 Å². The number of amides is 1. The monoisotopic (exact) mass is 501 g/mol. The van der Waals surface area contributed by atoms with Gasteiger partial charge < -0.3 is 14.2 Å². The molecule has 0 fully saturated rings. The summed E-state index contributed by atoms with van der Waals surface area (Å²) >= 11 is 7.33. The first kappa shape index (κ1) is 23.9. The molecule has 0 unspecified atom stereocenters. The predicted octanol–water partition coefficient (Wildman–Crippen LogP) is 5.75. The number of hydrogen-bond donors (Lipinski definition) is 1. The molecule has 0 radical (unpaired) electrons. The van der Waals surface area contributed by atoms with Gasteiger partial charge in [-0.3, -0.25) is 15.1 Å². The van der Waals surface area contributed by atoms with Crippen molar-refractivity contribution in [2.75, 3.05) is 32.8 Å². The van der Waals surface area contributed by atoms with E-state index in [-0.39, 0.29) is 21.9 Å². The lowest BCUT2D eigenvalue weighted by Gasteiger charge is -2.14. The number of ether oxygens (including phenoxy) is 3. The van der Waals surface area contributed by atoms with Crippen molar-refractivity contribution in [1.29, 1.82) is 0 Å². The Morgan fingerprint density at radius 3 is 2.76 bits per heavy atom. The van der Waals surface area contributed by atoms with Gasteiger partial charge in [-0.25, -0.2) is 9.37 Å². The molecule has 0 bridgehead atoms. The summed E-state index contributed by atoms with van der Waals surface area (Å²) in [4.78, 5) is 21.9. The molecule has 0 aliphatic carbocycles. The van der Waals surface area contributed by atoms with Crippen molar-refractivity contribution in [3.8, 4) is 22.6 Å². The number of fused-ring (bicyclic) bond motifs is 1. The molecule has 0 saturated heterocycles. The fourth-order valence-electron chi connectivity index (χ4n) is 3.36. The van der Waals surface area contributed by atoms with E-state index in [2.05, 4.69) is 15.3 Å². The van der Waals surface area contributed by atoms with Crippen LogP contribution in [0.2, 0.25) is 5.02 Å². The number of anilines is 1. The highest BCUT2D eigenvalue weighted by atomic mass is 35.5. The number of rotatable bonds is 8. The molecule has 0 spiro atoms. The molecule has 176 valence electrons. The summed E-state index contributed by atoms with van der Waals surface area (Å²) in [6.45, 7) is 2.64. The van der Waals surface area contributed by atoms with E-state index >= 15 is 4.39 Å². The van der Waals surface area contributed by atoms with E-state index in [9.17, 15) is 4.79 Å². The van der Waals surface area contributed by atoms with Crippen molar-refractivity contribution >= 4 is 44.2 Å². The van der Waals surface area contributed by atoms with Gasteiger partial charge in [-0.15, -0.1) is 0 Å². The second kappa shape index (κ2) is 10.3. The molecule has 10 heteroatoms. The average molecular weight is 502 g/mol. The summed E-state index contributed by atoms with van der Waals surface area (Å²) in [7, 11) is 3.03. The number of halogens is 2. The Kier molecular flexibility index (Phi) is 7.26. The van der Waals surface area contributed by atoms with Gasteiger partial charge in [0.25, 0.3) is 5.91 Å². The minimum absolute atomic E-state index is 0.0775. The van der Waals surface area contributed by atoms with Crippen molar-refractivity contribution < 1.29 is 23.4 Å². The van der Waals surface area contributed by atoms with Gasteiger partial charge in [-0.2, -0.15) is 0 Å². The first-order valence-electron chi connectivity index (χ1n) is 10.2. The van der Waals surface area contributed by atoms with Crippen LogP contribution in [0.25, 0.3) is 21.3 Å². The highest BCUT2D eigenvalue weighted by Gasteiger charge is 2.22. The van der Waals surface area contributed by atoms with Gasteiger partial charge in [0.2, 0.25) is 0 Å². The van der Waals surface area contributed by atoms with Crippen molar-refractivity contribution in [3.05, 3.63) is 64.7 Å². The first-order chi connectivity index (χ1) is 16.4. The molecule has 0 saturated carbocycles. The number of aryl methyl sites for hydroxylation is 1. The van der Waals surface area contributed by atoms with Crippen molar-refractivity contribution in [2.45, 2.75) is 6.92 Å². The molecule has 2 aromatic carbocycles. The lowest BCUT2D eigenvalue weighted by atomic mass is 9.98. The smallest absolute Gasteiger partial charge is 0.259 e. The number of carbonyl (C=O) groups is 1. The highest BCUT2D eigenvalue weighted by molar-refractivity contribution is 7.22. The maximum Gasteiger partial charge on any atom is 0.259 e. The minimum Gasteiger partial charge on any atom is -0.496 e. The van der Waals surface area contributed by atoms with Gasteiger partial charge >= 0.3 is 0 Å². The van der Waals surface area contributed by atoms with Gasteiger partial charge in [-0.1, -0.05) is 22.9 Å². The van der Waals surface area contributed by atoms with Gasteiger partial charge in [0.1, 0.15) is 18.1 Å².